The van der Waals surface area contributed by atoms with Gasteiger partial charge in [0.25, 0.3) is 0 Å². The zero-order valence-electron chi connectivity index (χ0n) is 13.1. The number of hydrogen-bond acceptors (Lipinski definition) is 4. The fourth-order valence-corrected chi connectivity index (χ4v) is 5.24. The summed E-state index contributed by atoms with van der Waals surface area (Å²) in [6.45, 7) is 8.09. The summed E-state index contributed by atoms with van der Waals surface area (Å²) in [5.41, 5.74) is 0. The minimum Gasteiger partial charge on any atom is -0.310 e. The SMILES string of the molecule is CCCN(CC1CC1)S(=O)(=O)c1ccsc1CNC(C)C. The molecule has 1 aromatic heterocycles. The molecular weight excluding hydrogens is 304 g/mol. The van der Waals surface area contributed by atoms with Crippen LogP contribution in [0.4, 0.5) is 0 Å². The first-order valence-electron chi connectivity index (χ1n) is 7.75. The van der Waals surface area contributed by atoms with Crippen LogP contribution in [0.2, 0.25) is 0 Å². The van der Waals surface area contributed by atoms with Gasteiger partial charge < -0.3 is 5.32 Å². The van der Waals surface area contributed by atoms with Crippen molar-refractivity contribution in [2.24, 2.45) is 5.92 Å². The van der Waals surface area contributed by atoms with Crippen LogP contribution in [0.5, 0.6) is 0 Å². The molecule has 1 aliphatic rings. The number of thiophene rings is 1. The van der Waals surface area contributed by atoms with Gasteiger partial charge in [-0.1, -0.05) is 20.8 Å². The van der Waals surface area contributed by atoms with Crippen molar-refractivity contribution >= 4 is 21.4 Å². The highest BCUT2D eigenvalue weighted by Crippen LogP contribution is 2.33. The van der Waals surface area contributed by atoms with Gasteiger partial charge in [-0.25, -0.2) is 8.42 Å². The smallest absolute Gasteiger partial charge is 0.244 e. The fraction of sp³-hybridized carbons (Fsp3) is 0.733. The standard InChI is InChI=1S/C15H26N2O2S2/c1-4-8-17(11-13-5-6-13)21(18,19)15-7-9-20-14(15)10-16-12(2)3/h7,9,12-13,16H,4-6,8,10-11H2,1-3H3. The third-order valence-electron chi connectivity index (χ3n) is 3.62. The number of nitrogens with zero attached hydrogens (tertiary/aromatic N) is 1. The minimum atomic E-state index is -3.35. The van der Waals surface area contributed by atoms with Crippen LogP contribution >= 0.6 is 11.3 Å². The Labute approximate surface area is 132 Å². The van der Waals surface area contributed by atoms with E-state index in [4.69, 9.17) is 0 Å². The lowest BCUT2D eigenvalue weighted by Crippen LogP contribution is -2.34. The number of nitrogens with one attached hydrogen (secondary N) is 1. The predicted octanol–water partition coefficient (Wildman–Crippen LogP) is 3.06. The lowest BCUT2D eigenvalue weighted by atomic mass is 10.4. The van der Waals surface area contributed by atoms with E-state index < -0.39 is 10.0 Å². The lowest BCUT2D eigenvalue weighted by molar-refractivity contribution is 0.395. The molecule has 1 saturated carbocycles. The van der Waals surface area contributed by atoms with E-state index in [1.165, 1.54) is 24.2 Å². The first kappa shape index (κ1) is 16.9. The predicted molar refractivity (Wildman–Crippen MR) is 88.1 cm³/mol. The molecule has 0 unspecified atom stereocenters. The van der Waals surface area contributed by atoms with Gasteiger partial charge in [0, 0.05) is 30.6 Å². The molecule has 1 N–H and O–H groups in total. The van der Waals surface area contributed by atoms with Crippen molar-refractivity contribution in [2.75, 3.05) is 13.1 Å². The summed E-state index contributed by atoms with van der Waals surface area (Å²) in [4.78, 5) is 1.41. The molecule has 1 aromatic rings. The van der Waals surface area contributed by atoms with E-state index in [-0.39, 0.29) is 0 Å². The maximum Gasteiger partial charge on any atom is 0.244 e. The van der Waals surface area contributed by atoms with Crippen LogP contribution in [0.3, 0.4) is 0 Å². The highest BCUT2D eigenvalue weighted by Gasteiger charge is 2.32. The van der Waals surface area contributed by atoms with Gasteiger partial charge in [0.2, 0.25) is 10.0 Å². The zero-order valence-corrected chi connectivity index (χ0v) is 14.8. The molecule has 2 rings (SSSR count). The van der Waals surface area contributed by atoms with E-state index in [0.717, 1.165) is 11.3 Å². The Morgan fingerprint density at radius 2 is 2.14 bits per heavy atom. The number of hydrogen-bond donors (Lipinski definition) is 1. The molecule has 4 nitrogen and oxygen atoms in total. The van der Waals surface area contributed by atoms with Crippen molar-refractivity contribution in [3.63, 3.8) is 0 Å². The first-order chi connectivity index (χ1) is 9.95. The van der Waals surface area contributed by atoms with E-state index >= 15 is 0 Å². The second-order valence-electron chi connectivity index (χ2n) is 6.05. The molecule has 120 valence electrons. The van der Waals surface area contributed by atoms with Gasteiger partial charge in [0.1, 0.15) is 0 Å². The van der Waals surface area contributed by atoms with Gasteiger partial charge in [0.05, 0.1) is 4.90 Å². The van der Waals surface area contributed by atoms with E-state index in [1.807, 2.05) is 12.3 Å². The van der Waals surface area contributed by atoms with E-state index in [2.05, 4.69) is 19.2 Å². The summed E-state index contributed by atoms with van der Waals surface area (Å²) in [7, 11) is -3.35. The minimum absolute atomic E-state index is 0.348. The third-order valence-corrected chi connectivity index (χ3v) is 6.62. The monoisotopic (exact) mass is 330 g/mol. The molecule has 1 heterocycles. The Bertz CT molecular complexity index is 548. The summed E-state index contributed by atoms with van der Waals surface area (Å²) in [6.07, 6.45) is 3.19. The Kier molecular flexibility index (Phi) is 5.82. The summed E-state index contributed by atoms with van der Waals surface area (Å²) in [5.74, 6) is 0.571. The second-order valence-corrected chi connectivity index (χ2v) is 8.96. The molecule has 0 saturated heterocycles. The van der Waals surface area contributed by atoms with Gasteiger partial charge in [-0.15, -0.1) is 11.3 Å². The van der Waals surface area contributed by atoms with Crippen molar-refractivity contribution in [1.29, 1.82) is 0 Å². The Hall–Kier alpha value is -0.430. The Balaban J connectivity index is 2.18. The van der Waals surface area contributed by atoms with Crippen LogP contribution < -0.4 is 5.32 Å². The second kappa shape index (κ2) is 7.22. The van der Waals surface area contributed by atoms with Crippen LogP contribution in [0.25, 0.3) is 0 Å². The van der Waals surface area contributed by atoms with Crippen LogP contribution in [-0.4, -0.2) is 31.9 Å². The number of sulfonamides is 1. The summed E-state index contributed by atoms with van der Waals surface area (Å²) >= 11 is 1.52. The quantitative estimate of drug-likeness (QED) is 0.757. The van der Waals surface area contributed by atoms with Crippen molar-refractivity contribution < 1.29 is 8.42 Å². The molecule has 0 amide bonds. The largest absolute Gasteiger partial charge is 0.310 e. The Morgan fingerprint density at radius 1 is 1.43 bits per heavy atom. The van der Waals surface area contributed by atoms with Crippen LogP contribution in [0.1, 0.15) is 44.9 Å². The summed E-state index contributed by atoms with van der Waals surface area (Å²) in [6, 6.07) is 2.10. The topological polar surface area (TPSA) is 49.4 Å². The molecule has 6 heteroatoms. The molecule has 0 aliphatic heterocycles. The first-order valence-corrected chi connectivity index (χ1v) is 10.1. The fourth-order valence-electron chi connectivity index (χ4n) is 2.27. The molecule has 0 spiro atoms. The Morgan fingerprint density at radius 3 is 2.71 bits per heavy atom. The zero-order chi connectivity index (χ0) is 15.5. The van der Waals surface area contributed by atoms with E-state index in [9.17, 15) is 8.42 Å². The van der Waals surface area contributed by atoms with Gasteiger partial charge >= 0.3 is 0 Å². The summed E-state index contributed by atoms with van der Waals surface area (Å²) in [5, 5.41) is 5.19. The van der Waals surface area contributed by atoms with Crippen molar-refractivity contribution in [3.05, 3.63) is 16.3 Å². The highest BCUT2D eigenvalue weighted by atomic mass is 32.2. The van der Waals surface area contributed by atoms with Crippen molar-refractivity contribution in [3.8, 4) is 0 Å². The van der Waals surface area contributed by atoms with E-state index in [0.29, 0.717) is 36.5 Å². The third kappa shape index (κ3) is 4.52. The normalized spacial score (nSPS) is 16.0. The van der Waals surface area contributed by atoms with Gasteiger partial charge in [0.15, 0.2) is 0 Å². The van der Waals surface area contributed by atoms with Crippen molar-refractivity contribution in [2.45, 2.75) is 57.5 Å². The molecule has 0 radical (unpaired) electrons. The summed E-state index contributed by atoms with van der Waals surface area (Å²) < 4.78 is 27.5. The van der Waals surface area contributed by atoms with Crippen LogP contribution in [-0.2, 0) is 16.6 Å². The molecule has 1 aliphatic carbocycles. The van der Waals surface area contributed by atoms with Crippen LogP contribution in [0, 0.1) is 5.92 Å². The molecule has 21 heavy (non-hydrogen) atoms. The van der Waals surface area contributed by atoms with E-state index in [1.54, 1.807) is 10.4 Å². The molecular formula is C15H26N2O2S2. The highest BCUT2D eigenvalue weighted by molar-refractivity contribution is 7.89. The van der Waals surface area contributed by atoms with Crippen LogP contribution in [0.15, 0.2) is 16.3 Å². The lowest BCUT2D eigenvalue weighted by Gasteiger charge is -2.22. The molecule has 0 aromatic carbocycles. The van der Waals surface area contributed by atoms with Crippen molar-refractivity contribution in [1.82, 2.24) is 9.62 Å². The van der Waals surface area contributed by atoms with Gasteiger partial charge in [-0.2, -0.15) is 4.31 Å². The average molecular weight is 331 g/mol. The van der Waals surface area contributed by atoms with Gasteiger partial charge in [-0.3, -0.25) is 0 Å². The number of rotatable bonds is 9. The maximum atomic E-state index is 12.9. The molecule has 0 bridgehead atoms. The molecule has 1 fully saturated rings. The molecule has 0 atom stereocenters. The maximum absolute atomic E-state index is 12.9. The van der Waals surface area contributed by atoms with Gasteiger partial charge in [-0.05, 0) is 36.6 Å². The average Bonchev–Trinajstić information content (AvgIpc) is 3.10.